The predicted molar refractivity (Wildman–Crippen MR) is 140 cm³/mol. The zero-order valence-electron chi connectivity index (χ0n) is 19.1. The van der Waals surface area contributed by atoms with Crippen molar-refractivity contribution in [3.63, 3.8) is 0 Å². The number of benzene rings is 2. The van der Waals surface area contributed by atoms with Gasteiger partial charge in [0, 0.05) is 27.2 Å². The number of carbonyl (C=O) groups excluding carboxylic acids is 3. The van der Waals surface area contributed by atoms with Crippen LogP contribution in [0.2, 0.25) is 0 Å². The van der Waals surface area contributed by atoms with Crippen molar-refractivity contribution in [1.82, 2.24) is 9.47 Å². The zero-order valence-corrected chi connectivity index (χ0v) is 21.5. The first kappa shape index (κ1) is 24.0. The Hall–Kier alpha value is -3.10. The van der Waals surface area contributed by atoms with Crippen molar-refractivity contribution in [2.45, 2.75) is 27.2 Å². The molecule has 6 nitrogen and oxygen atoms in total. The molecule has 4 rings (SSSR count). The van der Waals surface area contributed by atoms with E-state index in [-0.39, 0.29) is 6.54 Å². The summed E-state index contributed by atoms with van der Waals surface area (Å²) < 4.78 is 3.06. The van der Waals surface area contributed by atoms with E-state index < -0.39 is 17.1 Å². The maximum atomic E-state index is 12.9. The standard InChI is InChI=1S/C26H24BrN3O3S/c1-4-18-7-5-6-8-22(18)30-16(2)13-19(17(30)3)14-23-25(32)29(26(33)34-23)15-24(31)28-21-11-9-20(27)10-12-21/h5-14H,4,15H2,1-3H3,(H,28,31)/b23-14-. The Labute approximate surface area is 211 Å². The van der Waals surface area contributed by atoms with Crippen LogP contribution in [0.25, 0.3) is 11.8 Å². The van der Waals surface area contributed by atoms with E-state index in [0.717, 1.165) is 50.2 Å². The lowest BCUT2D eigenvalue weighted by Crippen LogP contribution is -2.36. The van der Waals surface area contributed by atoms with Crippen LogP contribution < -0.4 is 5.32 Å². The summed E-state index contributed by atoms with van der Waals surface area (Å²) >= 11 is 4.20. The maximum absolute atomic E-state index is 12.9. The van der Waals surface area contributed by atoms with E-state index in [9.17, 15) is 14.4 Å². The highest BCUT2D eigenvalue weighted by atomic mass is 79.9. The number of thioether (sulfide) groups is 1. The predicted octanol–water partition coefficient (Wildman–Crippen LogP) is 6.09. The van der Waals surface area contributed by atoms with Gasteiger partial charge in [0.1, 0.15) is 6.54 Å². The third-order valence-corrected chi connectivity index (χ3v) is 7.11. The average Bonchev–Trinajstić information content (AvgIpc) is 3.24. The number of aryl methyl sites for hydroxylation is 2. The van der Waals surface area contributed by atoms with Crippen LogP contribution in [-0.2, 0) is 16.0 Å². The van der Waals surface area contributed by atoms with E-state index in [1.54, 1.807) is 30.3 Å². The molecule has 0 saturated carbocycles. The van der Waals surface area contributed by atoms with Gasteiger partial charge in [-0.05, 0) is 85.6 Å². The Bertz CT molecular complexity index is 1310. The van der Waals surface area contributed by atoms with Gasteiger partial charge in [-0.3, -0.25) is 19.3 Å². The number of hydrogen-bond acceptors (Lipinski definition) is 4. The third-order valence-electron chi connectivity index (χ3n) is 5.67. The molecule has 1 N–H and O–H groups in total. The fraction of sp³-hybridized carbons (Fsp3) is 0.192. The summed E-state index contributed by atoms with van der Waals surface area (Å²) in [4.78, 5) is 39.2. The number of hydrogen-bond donors (Lipinski definition) is 1. The Morgan fingerprint density at radius 2 is 1.79 bits per heavy atom. The molecule has 1 saturated heterocycles. The maximum Gasteiger partial charge on any atom is 0.294 e. The van der Waals surface area contributed by atoms with Crippen LogP contribution in [0.5, 0.6) is 0 Å². The van der Waals surface area contributed by atoms with E-state index >= 15 is 0 Å². The molecule has 34 heavy (non-hydrogen) atoms. The molecule has 0 radical (unpaired) electrons. The van der Waals surface area contributed by atoms with Gasteiger partial charge in [-0.15, -0.1) is 0 Å². The van der Waals surface area contributed by atoms with Crippen LogP contribution in [0.4, 0.5) is 10.5 Å². The molecular weight excluding hydrogens is 514 g/mol. The van der Waals surface area contributed by atoms with Gasteiger partial charge < -0.3 is 9.88 Å². The van der Waals surface area contributed by atoms with Gasteiger partial charge in [0.2, 0.25) is 5.91 Å². The van der Waals surface area contributed by atoms with E-state index in [1.165, 1.54) is 5.56 Å². The van der Waals surface area contributed by atoms with Crippen LogP contribution in [0, 0.1) is 13.8 Å². The second-order valence-electron chi connectivity index (χ2n) is 7.97. The zero-order chi connectivity index (χ0) is 24.4. The van der Waals surface area contributed by atoms with Gasteiger partial charge in [-0.2, -0.15) is 0 Å². The van der Waals surface area contributed by atoms with Crippen molar-refractivity contribution in [2.24, 2.45) is 0 Å². The molecule has 1 aliphatic rings. The first-order valence-electron chi connectivity index (χ1n) is 10.9. The van der Waals surface area contributed by atoms with Gasteiger partial charge in [-0.25, -0.2) is 0 Å². The number of carbonyl (C=O) groups is 3. The number of amides is 3. The normalized spacial score (nSPS) is 14.8. The number of rotatable bonds is 6. The molecule has 3 aromatic rings. The summed E-state index contributed by atoms with van der Waals surface area (Å²) in [6, 6.07) is 17.3. The smallest absolute Gasteiger partial charge is 0.294 e. The van der Waals surface area contributed by atoms with E-state index in [2.05, 4.69) is 44.9 Å². The Morgan fingerprint density at radius 3 is 2.50 bits per heavy atom. The monoisotopic (exact) mass is 537 g/mol. The number of imide groups is 1. The number of nitrogens with zero attached hydrogens (tertiary/aromatic N) is 2. The highest BCUT2D eigenvalue weighted by Gasteiger charge is 2.36. The van der Waals surface area contributed by atoms with Crippen LogP contribution in [0.3, 0.4) is 0 Å². The fourth-order valence-electron chi connectivity index (χ4n) is 3.99. The van der Waals surface area contributed by atoms with E-state index in [1.807, 2.05) is 32.0 Å². The third kappa shape index (κ3) is 4.88. The molecule has 174 valence electrons. The summed E-state index contributed by atoms with van der Waals surface area (Å²) in [6.45, 7) is 5.81. The second-order valence-corrected chi connectivity index (χ2v) is 9.88. The van der Waals surface area contributed by atoms with Gasteiger partial charge in [0.25, 0.3) is 11.1 Å². The number of para-hydroxylation sites is 1. The molecule has 3 amide bonds. The molecule has 0 aliphatic carbocycles. The molecule has 8 heteroatoms. The number of anilines is 1. The van der Waals surface area contributed by atoms with Crippen LogP contribution in [0.15, 0.2) is 64.0 Å². The Kier molecular flexibility index (Phi) is 7.09. The van der Waals surface area contributed by atoms with Gasteiger partial charge >= 0.3 is 0 Å². The molecule has 0 unspecified atom stereocenters. The molecule has 1 fully saturated rings. The molecule has 2 heterocycles. The van der Waals surface area contributed by atoms with Crippen LogP contribution in [-0.4, -0.2) is 33.1 Å². The first-order valence-corrected chi connectivity index (χ1v) is 12.5. The molecule has 0 bridgehead atoms. The summed E-state index contributed by atoms with van der Waals surface area (Å²) in [6.07, 6.45) is 2.65. The minimum Gasteiger partial charge on any atom is -0.325 e. The fourth-order valence-corrected chi connectivity index (χ4v) is 5.08. The van der Waals surface area contributed by atoms with Crippen molar-refractivity contribution in [3.05, 3.63) is 86.5 Å². The average molecular weight is 538 g/mol. The van der Waals surface area contributed by atoms with Crippen molar-refractivity contribution >= 4 is 56.5 Å². The lowest BCUT2D eigenvalue weighted by Gasteiger charge is -2.14. The largest absolute Gasteiger partial charge is 0.325 e. The highest BCUT2D eigenvalue weighted by Crippen LogP contribution is 2.34. The number of nitrogens with one attached hydrogen (secondary N) is 1. The highest BCUT2D eigenvalue weighted by molar-refractivity contribution is 9.10. The minimum absolute atomic E-state index is 0.311. The molecule has 1 aromatic heterocycles. The van der Waals surface area contributed by atoms with E-state index in [0.29, 0.717) is 10.6 Å². The quantitative estimate of drug-likeness (QED) is 0.386. The SMILES string of the molecule is CCc1ccccc1-n1c(C)cc(/C=C2\SC(=O)N(CC(=O)Nc3ccc(Br)cc3)C2=O)c1C. The lowest BCUT2D eigenvalue weighted by atomic mass is 10.1. The lowest BCUT2D eigenvalue weighted by molar-refractivity contribution is -0.127. The summed E-state index contributed by atoms with van der Waals surface area (Å²) in [7, 11) is 0. The topological polar surface area (TPSA) is 71.4 Å². The molecular formula is C26H24BrN3O3S. The summed E-state index contributed by atoms with van der Waals surface area (Å²) in [5.41, 5.74) is 5.82. The number of aromatic nitrogens is 1. The number of halogens is 1. The molecule has 1 aliphatic heterocycles. The summed E-state index contributed by atoms with van der Waals surface area (Å²) in [5.74, 6) is -0.889. The van der Waals surface area contributed by atoms with E-state index in [4.69, 9.17) is 0 Å². The molecule has 0 spiro atoms. The Morgan fingerprint density at radius 1 is 1.09 bits per heavy atom. The second kappa shape index (κ2) is 10.0. The van der Waals surface area contributed by atoms with Crippen molar-refractivity contribution in [1.29, 1.82) is 0 Å². The van der Waals surface area contributed by atoms with Gasteiger partial charge in [0.15, 0.2) is 0 Å². The Balaban J connectivity index is 1.54. The minimum atomic E-state index is -0.459. The van der Waals surface area contributed by atoms with Gasteiger partial charge in [-0.1, -0.05) is 41.1 Å². The van der Waals surface area contributed by atoms with Crippen molar-refractivity contribution in [3.8, 4) is 5.69 Å². The first-order chi connectivity index (χ1) is 16.3. The van der Waals surface area contributed by atoms with Crippen LogP contribution >= 0.6 is 27.7 Å². The van der Waals surface area contributed by atoms with Crippen molar-refractivity contribution < 1.29 is 14.4 Å². The van der Waals surface area contributed by atoms with Gasteiger partial charge in [0.05, 0.1) is 4.91 Å². The van der Waals surface area contributed by atoms with Crippen molar-refractivity contribution in [2.75, 3.05) is 11.9 Å². The molecule has 2 aromatic carbocycles. The van der Waals surface area contributed by atoms with Crippen LogP contribution in [0.1, 0.15) is 29.4 Å². The summed E-state index contributed by atoms with van der Waals surface area (Å²) in [5, 5.41) is 2.26. The molecule has 0 atom stereocenters.